The lowest BCUT2D eigenvalue weighted by Gasteiger charge is -2.16. The van der Waals surface area contributed by atoms with Crippen LogP contribution in [0.15, 0.2) is 42.6 Å². The molecule has 2 heterocycles. The van der Waals surface area contributed by atoms with E-state index in [1.54, 1.807) is 24.3 Å². The van der Waals surface area contributed by atoms with Crippen molar-refractivity contribution in [1.82, 2.24) is 10.3 Å². The number of hydrogen-bond acceptors (Lipinski definition) is 8. The standard InChI is InChI=1S/C19H21N5O5/c1-2-29-15-6-3-13(4-7-15)23-18(25)11-16(19(23)26)20-9-10-21-17-8-5-14(12-22-17)24(27)28/h3-8,12,16,20H,2,9-11H2,1H3,(H,21,22)/t16-/m1/s1. The lowest BCUT2D eigenvalue weighted by molar-refractivity contribution is -0.385. The molecule has 1 atom stereocenters. The lowest BCUT2D eigenvalue weighted by Crippen LogP contribution is -2.40. The van der Waals surface area contributed by atoms with E-state index in [2.05, 4.69) is 15.6 Å². The van der Waals surface area contributed by atoms with Gasteiger partial charge < -0.3 is 15.4 Å². The fourth-order valence-corrected chi connectivity index (χ4v) is 2.96. The molecule has 10 nitrogen and oxygen atoms in total. The van der Waals surface area contributed by atoms with Crippen molar-refractivity contribution < 1.29 is 19.2 Å². The summed E-state index contributed by atoms with van der Waals surface area (Å²) in [5, 5.41) is 16.7. The Morgan fingerprint density at radius 3 is 2.59 bits per heavy atom. The van der Waals surface area contributed by atoms with E-state index < -0.39 is 11.0 Å². The predicted octanol–water partition coefficient (Wildman–Crippen LogP) is 1.72. The zero-order chi connectivity index (χ0) is 20.8. The van der Waals surface area contributed by atoms with Gasteiger partial charge in [-0.05, 0) is 37.3 Å². The maximum absolute atomic E-state index is 12.6. The Morgan fingerprint density at radius 1 is 1.21 bits per heavy atom. The van der Waals surface area contributed by atoms with Gasteiger partial charge in [0.25, 0.3) is 11.6 Å². The summed E-state index contributed by atoms with van der Waals surface area (Å²) in [5.41, 5.74) is 0.430. The number of nitrogens with one attached hydrogen (secondary N) is 2. The van der Waals surface area contributed by atoms with Gasteiger partial charge >= 0.3 is 0 Å². The lowest BCUT2D eigenvalue weighted by atomic mass is 10.2. The van der Waals surface area contributed by atoms with Crippen LogP contribution in [0.3, 0.4) is 0 Å². The van der Waals surface area contributed by atoms with Crippen molar-refractivity contribution in [2.45, 2.75) is 19.4 Å². The van der Waals surface area contributed by atoms with E-state index >= 15 is 0 Å². The molecule has 1 aromatic carbocycles. The molecule has 0 radical (unpaired) electrons. The SMILES string of the molecule is CCOc1ccc(N2C(=O)C[C@@H](NCCNc3ccc([N+](=O)[O-])cn3)C2=O)cc1. The molecule has 0 unspecified atom stereocenters. The number of aromatic nitrogens is 1. The van der Waals surface area contributed by atoms with Crippen LogP contribution >= 0.6 is 0 Å². The van der Waals surface area contributed by atoms with Gasteiger partial charge in [0.05, 0.1) is 29.7 Å². The fourth-order valence-electron chi connectivity index (χ4n) is 2.96. The van der Waals surface area contributed by atoms with Crippen LogP contribution in [0.2, 0.25) is 0 Å². The molecule has 1 aliphatic heterocycles. The Bertz CT molecular complexity index is 885. The minimum absolute atomic E-state index is 0.0851. The second-order valence-corrected chi connectivity index (χ2v) is 6.29. The van der Waals surface area contributed by atoms with Gasteiger partial charge in [-0.25, -0.2) is 9.88 Å². The number of nitro groups is 1. The van der Waals surface area contributed by atoms with Crippen LogP contribution < -0.4 is 20.3 Å². The molecule has 0 spiro atoms. The van der Waals surface area contributed by atoms with Gasteiger partial charge in [-0.3, -0.25) is 19.7 Å². The van der Waals surface area contributed by atoms with Crippen LogP contribution in [-0.4, -0.2) is 47.5 Å². The third-order valence-corrected chi connectivity index (χ3v) is 4.33. The topological polar surface area (TPSA) is 127 Å². The summed E-state index contributed by atoms with van der Waals surface area (Å²) >= 11 is 0. The van der Waals surface area contributed by atoms with E-state index in [1.807, 2.05) is 6.92 Å². The number of nitrogens with zero attached hydrogens (tertiary/aromatic N) is 3. The van der Waals surface area contributed by atoms with Gasteiger partial charge in [0.15, 0.2) is 0 Å². The molecule has 10 heteroatoms. The van der Waals surface area contributed by atoms with Crippen LogP contribution in [0.25, 0.3) is 0 Å². The van der Waals surface area contributed by atoms with E-state index in [-0.39, 0.29) is 23.9 Å². The summed E-state index contributed by atoms with van der Waals surface area (Å²) in [6, 6.07) is 9.09. The molecule has 0 aliphatic carbocycles. The first kappa shape index (κ1) is 20.2. The molecular formula is C19H21N5O5. The van der Waals surface area contributed by atoms with Crippen molar-refractivity contribution in [1.29, 1.82) is 0 Å². The van der Waals surface area contributed by atoms with Gasteiger partial charge in [0.2, 0.25) is 5.91 Å². The smallest absolute Gasteiger partial charge is 0.287 e. The Hall–Kier alpha value is -3.53. The molecule has 2 aromatic rings. The fraction of sp³-hybridized carbons (Fsp3) is 0.316. The molecule has 152 valence electrons. The van der Waals surface area contributed by atoms with Crippen molar-refractivity contribution in [2.75, 3.05) is 29.9 Å². The monoisotopic (exact) mass is 399 g/mol. The third kappa shape index (κ3) is 4.85. The largest absolute Gasteiger partial charge is 0.494 e. The van der Waals surface area contributed by atoms with Gasteiger partial charge in [0, 0.05) is 19.2 Å². The van der Waals surface area contributed by atoms with Crippen molar-refractivity contribution in [3.05, 3.63) is 52.7 Å². The zero-order valence-corrected chi connectivity index (χ0v) is 15.8. The van der Waals surface area contributed by atoms with Gasteiger partial charge in [0.1, 0.15) is 17.8 Å². The number of anilines is 2. The Kier molecular flexibility index (Phi) is 6.35. The first-order valence-electron chi connectivity index (χ1n) is 9.17. The molecule has 0 bridgehead atoms. The highest BCUT2D eigenvalue weighted by Gasteiger charge is 2.39. The van der Waals surface area contributed by atoms with Gasteiger partial charge in [-0.2, -0.15) is 0 Å². The summed E-state index contributed by atoms with van der Waals surface area (Å²) in [4.78, 5) is 40.1. The Labute approximate surface area is 167 Å². The molecule has 1 fully saturated rings. The second-order valence-electron chi connectivity index (χ2n) is 6.29. The molecule has 2 amide bonds. The molecular weight excluding hydrogens is 378 g/mol. The number of imide groups is 1. The van der Waals surface area contributed by atoms with E-state index in [4.69, 9.17) is 4.74 Å². The number of rotatable bonds is 9. The van der Waals surface area contributed by atoms with Gasteiger partial charge in [-0.15, -0.1) is 0 Å². The average molecular weight is 399 g/mol. The van der Waals surface area contributed by atoms with E-state index in [0.717, 1.165) is 0 Å². The van der Waals surface area contributed by atoms with E-state index in [1.165, 1.54) is 23.2 Å². The van der Waals surface area contributed by atoms with E-state index in [9.17, 15) is 19.7 Å². The molecule has 1 saturated heterocycles. The number of amides is 2. The van der Waals surface area contributed by atoms with Crippen molar-refractivity contribution in [3.63, 3.8) is 0 Å². The Morgan fingerprint density at radius 2 is 1.97 bits per heavy atom. The second kappa shape index (κ2) is 9.11. The zero-order valence-electron chi connectivity index (χ0n) is 15.8. The molecule has 1 aliphatic rings. The highest BCUT2D eigenvalue weighted by atomic mass is 16.6. The van der Waals surface area contributed by atoms with Crippen LogP contribution in [0.5, 0.6) is 5.75 Å². The first-order valence-corrected chi connectivity index (χ1v) is 9.17. The van der Waals surface area contributed by atoms with Crippen LogP contribution in [0, 0.1) is 10.1 Å². The number of benzene rings is 1. The van der Waals surface area contributed by atoms with Crippen LogP contribution in [0.4, 0.5) is 17.2 Å². The van der Waals surface area contributed by atoms with Crippen molar-refractivity contribution in [2.24, 2.45) is 0 Å². The van der Waals surface area contributed by atoms with Gasteiger partial charge in [-0.1, -0.05) is 0 Å². The number of carbonyl (C=O) groups excluding carboxylic acids is 2. The molecule has 29 heavy (non-hydrogen) atoms. The summed E-state index contributed by atoms with van der Waals surface area (Å²) in [6.45, 7) is 3.27. The Balaban J connectivity index is 1.50. The quantitative estimate of drug-likeness (QED) is 0.282. The first-order chi connectivity index (χ1) is 14.0. The number of hydrogen-bond donors (Lipinski definition) is 2. The van der Waals surface area contributed by atoms with Crippen molar-refractivity contribution in [3.8, 4) is 5.75 Å². The highest BCUT2D eigenvalue weighted by molar-refractivity contribution is 6.22. The summed E-state index contributed by atoms with van der Waals surface area (Å²) in [5.74, 6) is 0.604. The average Bonchev–Trinajstić information content (AvgIpc) is 3.00. The maximum atomic E-state index is 12.6. The molecule has 2 N–H and O–H groups in total. The number of pyridine rings is 1. The predicted molar refractivity (Wildman–Crippen MR) is 106 cm³/mol. The van der Waals surface area contributed by atoms with E-state index in [0.29, 0.717) is 37.0 Å². The van der Waals surface area contributed by atoms with Crippen molar-refractivity contribution >= 4 is 29.0 Å². The van der Waals surface area contributed by atoms with Crippen LogP contribution in [0.1, 0.15) is 13.3 Å². The number of carbonyl (C=O) groups is 2. The maximum Gasteiger partial charge on any atom is 0.287 e. The third-order valence-electron chi connectivity index (χ3n) is 4.33. The summed E-state index contributed by atoms with van der Waals surface area (Å²) < 4.78 is 5.37. The molecule has 1 aromatic heterocycles. The molecule has 3 rings (SSSR count). The minimum atomic E-state index is -0.597. The normalized spacial score (nSPS) is 16.2. The highest BCUT2D eigenvalue weighted by Crippen LogP contribution is 2.25. The number of ether oxygens (including phenoxy) is 1. The minimum Gasteiger partial charge on any atom is -0.494 e. The summed E-state index contributed by atoms with van der Waals surface area (Å²) in [7, 11) is 0. The van der Waals surface area contributed by atoms with Crippen LogP contribution in [-0.2, 0) is 9.59 Å². The molecule has 0 saturated carbocycles. The summed E-state index contributed by atoms with van der Waals surface area (Å²) in [6.07, 6.45) is 1.26.